The summed E-state index contributed by atoms with van der Waals surface area (Å²) in [6, 6.07) is 3.98. The van der Waals surface area contributed by atoms with Gasteiger partial charge in [-0.2, -0.15) is 0 Å². The first-order valence-corrected chi connectivity index (χ1v) is 5.04. The molecule has 1 heterocycles. The molecule has 1 aromatic rings. The van der Waals surface area contributed by atoms with Crippen molar-refractivity contribution in [3.8, 4) is 5.75 Å². The van der Waals surface area contributed by atoms with Gasteiger partial charge in [0.2, 0.25) is 0 Å². The van der Waals surface area contributed by atoms with Crippen LogP contribution in [0.25, 0.3) is 0 Å². The highest BCUT2D eigenvalue weighted by atomic mass is 16.5. The molecule has 15 heavy (non-hydrogen) atoms. The van der Waals surface area contributed by atoms with Crippen molar-refractivity contribution in [2.75, 3.05) is 6.61 Å². The topological polar surface area (TPSA) is 46.5 Å². The van der Waals surface area contributed by atoms with E-state index in [1.807, 2.05) is 26.0 Å². The second-order valence-electron chi connectivity index (χ2n) is 4.05. The lowest BCUT2D eigenvalue weighted by Crippen LogP contribution is -2.28. The lowest BCUT2D eigenvalue weighted by atomic mass is 9.93. The SMILES string of the molecule is Cc1ccc2c(c1C)OC[C@@H](C(=O)O)C2. The van der Waals surface area contributed by atoms with Crippen LogP contribution in [-0.4, -0.2) is 17.7 Å². The number of carboxylic acid groups (broad SMARTS) is 1. The van der Waals surface area contributed by atoms with Crippen molar-refractivity contribution in [3.63, 3.8) is 0 Å². The van der Waals surface area contributed by atoms with Crippen LogP contribution in [0.15, 0.2) is 12.1 Å². The molecule has 3 heteroatoms. The van der Waals surface area contributed by atoms with Crippen molar-refractivity contribution in [2.24, 2.45) is 5.92 Å². The second kappa shape index (κ2) is 3.57. The molecule has 0 saturated carbocycles. The molecule has 0 spiro atoms. The van der Waals surface area contributed by atoms with Crippen molar-refractivity contribution in [3.05, 3.63) is 28.8 Å². The summed E-state index contributed by atoms with van der Waals surface area (Å²) in [7, 11) is 0. The van der Waals surface area contributed by atoms with E-state index in [1.165, 1.54) is 5.56 Å². The molecular weight excluding hydrogens is 192 g/mol. The molecule has 1 aliphatic heterocycles. The minimum Gasteiger partial charge on any atom is -0.492 e. The van der Waals surface area contributed by atoms with E-state index < -0.39 is 11.9 Å². The van der Waals surface area contributed by atoms with Gasteiger partial charge in [-0.05, 0) is 37.0 Å². The van der Waals surface area contributed by atoms with E-state index in [9.17, 15) is 4.79 Å². The predicted octanol–water partition coefficient (Wildman–Crippen LogP) is 1.94. The number of aliphatic carboxylic acids is 1. The first-order chi connectivity index (χ1) is 7.09. The third kappa shape index (κ3) is 1.69. The Morgan fingerprint density at radius 2 is 2.20 bits per heavy atom. The van der Waals surface area contributed by atoms with E-state index in [0.29, 0.717) is 6.42 Å². The zero-order valence-electron chi connectivity index (χ0n) is 8.91. The standard InChI is InChI=1S/C12H14O3/c1-7-3-4-9-5-10(12(13)14)6-15-11(9)8(7)2/h3-4,10H,5-6H2,1-2H3,(H,13,14)/t10-/m0/s1. The van der Waals surface area contributed by atoms with E-state index >= 15 is 0 Å². The summed E-state index contributed by atoms with van der Waals surface area (Å²) in [5.74, 6) is -0.300. The van der Waals surface area contributed by atoms with Gasteiger partial charge in [0.05, 0.1) is 5.92 Å². The molecule has 0 saturated heterocycles. The number of rotatable bonds is 1. The number of benzene rings is 1. The quantitative estimate of drug-likeness (QED) is 0.763. The van der Waals surface area contributed by atoms with E-state index in [0.717, 1.165) is 16.9 Å². The van der Waals surface area contributed by atoms with E-state index in [1.54, 1.807) is 0 Å². The van der Waals surface area contributed by atoms with Crippen LogP contribution in [0.1, 0.15) is 16.7 Å². The minimum atomic E-state index is -0.779. The molecule has 0 fully saturated rings. The minimum absolute atomic E-state index is 0.284. The lowest BCUT2D eigenvalue weighted by molar-refractivity contribution is -0.143. The van der Waals surface area contributed by atoms with Crippen LogP contribution in [0, 0.1) is 19.8 Å². The molecular formula is C12H14O3. The van der Waals surface area contributed by atoms with Gasteiger partial charge in [0, 0.05) is 0 Å². The van der Waals surface area contributed by atoms with Crippen molar-refractivity contribution < 1.29 is 14.6 Å². The normalized spacial score (nSPS) is 19.2. The second-order valence-corrected chi connectivity index (χ2v) is 4.05. The van der Waals surface area contributed by atoms with E-state index in [4.69, 9.17) is 9.84 Å². The summed E-state index contributed by atoms with van der Waals surface area (Å²) in [4.78, 5) is 10.8. The summed E-state index contributed by atoms with van der Waals surface area (Å²) >= 11 is 0. The van der Waals surface area contributed by atoms with Crippen LogP contribution >= 0.6 is 0 Å². The summed E-state index contributed by atoms with van der Waals surface area (Å²) in [5, 5.41) is 8.91. The van der Waals surface area contributed by atoms with Crippen molar-refractivity contribution in [1.82, 2.24) is 0 Å². The molecule has 0 unspecified atom stereocenters. The number of carboxylic acids is 1. The van der Waals surface area contributed by atoms with Crippen LogP contribution in [-0.2, 0) is 11.2 Å². The van der Waals surface area contributed by atoms with Crippen molar-refractivity contribution in [1.29, 1.82) is 0 Å². The Hall–Kier alpha value is -1.51. The lowest BCUT2D eigenvalue weighted by Gasteiger charge is -2.24. The van der Waals surface area contributed by atoms with Gasteiger partial charge in [-0.1, -0.05) is 12.1 Å². The average molecular weight is 206 g/mol. The average Bonchev–Trinajstić information content (AvgIpc) is 2.23. The molecule has 2 rings (SSSR count). The fraction of sp³-hybridized carbons (Fsp3) is 0.417. The van der Waals surface area contributed by atoms with Gasteiger partial charge < -0.3 is 9.84 Å². The van der Waals surface area contributed by atoms with Crippen molar-refractivity contribution in [2.45, 2.75) is 20.3 Å². The maximum Gasteiger partial charge on any atom is 0.310 e. The summed E-state index contributed by atoms with van der Waals surface area (Å²) in [6.07, 6.45) is 0.575. The van der Waals surface area contributed by atoms with E-state index in [-0.39, 0.29) is 6.61 Å². The zero-order chi connectivity index (χ0) is 11.0. The fourth-order valence-electron chi connectivity index (χ4n) is 1.87. The highest BCUT2D eigenvalue weighted by molar-refractivity contribution is 5.71. The van der Waals surface area contributed by atoms with Gasteiger partial charge in [-0.3, -0.25) is 4.79 Å². The first kappa shape index (κ1) is 10.0. The molecule has 1 aliphatic rings. The van der Waals surface area contributed by atoms with Crippen LogP contribution in [0.2, 0.25) is 0 Å². The molecule has 3 nitrogen and oxygen atoms in total. The molecule has 1 atom stereocenters. The Morgan fingerprint density at radius 1 is 1.47 bits per heavy atom. The number of aryl methyl sites for hydroxylation is 1. The Kier molecular flexibility index (Phi) is 2.39. The monoisotopic (exact) mass is 206 g/mol. The zero-order valence-corrected chi connectivity index (χ0v) is 8.91. The molecule has 0 radical (unpaired) electrons. The predicted molar refractivity (Wildman–Crippen MR) is 56.2 cm³/mol. The first-order valence-electron chi connectivity index (χ1n) is 5.04. The third-order valence-electron chi connectivity index (χ3n) is 3.00. The molecule has 1 aromatic carbocycles. The van der Waals surface area contributed by atoms with Crippen molar-refractivity contribution >= 4 is 5.97 Å². The highest BCUT2D eigenvalue weighted by Gasteiger charge is 2.26. The molecule has 0 amide bonds. The van der Waals surface area contributed by atoms with Gasteiger partial charge in [-0.15, -0.1) is 0 Å². The molecule has 0 aliphatic carbocycles. The van der Waals surface area contributed by atoms with Crippen LogP contribution in [0.3, 0.4) is 0 Å². The molecule has 0 bridgehead atoms. The largest absolute Gasteiger partial charge is 0.492 e. The van der Waals surface area contributed by atoms with Gasteiger partial charge in [0.1, 0.15) is 12.4 Å². The number of fused-ring (bicyclic) bond motifs is 1. The van der Waals surface area contributed by atoms with Gasteiger partial charge in [0.15, 0.2) is 0 Å². The Balaban J connectivity index is 2.36. The molecule has 1 N–H and O–H groups in total. The van der Waals surface area contributed by atoms with Gasteiger partial charge in [-0.25, -0.2) is 0 Å². The smallest absolute Gasteiger partial charge is 0.310 e. The Morgan fingerprint density at radius 3 is 2.87 bits per heavy atom. The fourth-order valence-corrected chi connectivity index (χ4v) is 1.87. The maximum atomic E-state index is 10.8. The highest BCUT2D eigenvalue weighted by Crippen LogP contribution is 2.32. The number of hydrogen-bond acceptors (Lipinski definition) is 2. The summed E-state index contributed by atoms with van der Waals surface area (Å²) in [5.41, 5.74) is 3.32. The number of carbonyl (C=O) groups is 1. The number of hydrogen-bond donors (Lipinski definition) is 1. The van der Waals surface area contributed by atoms with Gasteiger partial charge in [0.25, 0.3) is 0 Å². The third-order valence-corrected chi connectivity index (χ3v) is 3.00. The molecule has 0 aromatic heterocycles. The Bertz CT molecular complexity index is 410. The van der Waals surface area contributed by atoms with Crippen LogP contribution in [0.5, 0.6) is 5.75 Å². The van der Waals surface area contributed by atoms with E-state index in [2.05, 4.69) is 0 Å². The maximum absolute atomic E-state index is 10.8. The number of ether oxygens (including phenoxy) is 1. The van der Waals surface area contributed by atoms with Gasteiger partial charge >= 0.3 is 5.97 Å². The summed E-state index contributed by atoms with van der Waals surface area (Å²) in [6.45, 7) is 4.32. The molecule has 80 valence electrons. The Labute approximate surface area is 88.7 Å². The van der Waals surface area contributed by atoms with Crippen LogP contribution < -0.4 is 4.74 Å². The summed E-state index contributed by atoms with van der Waals surface area (Å²) < 4.78 is 5.53. The van der Waals surface area contributed by atoms with Crippen LogP contribution in [0.4, 0.5) is 0 Å².